The number of hydrogen-bond donors (Lipinski definition) is 0. The molecule has 0 amide bonds. The van der Waals surface area contributed by atoms with Crippen LogP contribution in [0, 0.1) is 0 Å². The molecular formula is C24H23B3O6. The molecular weight excluding hydrogens is 417 g/mol. The molecule has 0 N–H and O–H groups in total. The van der Waals surface area contributed by atoms with Gasteiger partial charge in [0.25, 0.3) is 0 Å². The largest absolute Gasteiger partial charge is 0.494 e. The minimum atomic E-state index is -0.500. The van der Waals surface area contributed by atoms with Crippen molar-refractivity contribution in [1.29, 1.82) is 0 Å². The number of rotatable bonds is 5. The van der Waals surface area contributed by atoms with Crippen LogP contribution in [-0.2, 0) is 27.9 Å². The molecule has 0 unspecified atom stereocenters. The van der Waals surface area contributed by atoms with Crippen molar-refractivity contribution in [3.63, 3.8) is 0 Å². The van der Waals surface area contributed by atoms with Crippen molar-refractivity contribution in [3.8, 4) is 0 Å². The maximum atomic E-state index is 6.42. The van der Waals surface area contributed by atoms with Crippen LogP contribution in [0.3, 0.4) is 0 Å². The summed E-state index contributed by atoms with van der Waals surface area (Å²) in [6, 6.07) is 29.8. The van der Waals surface area contributed by atoms with Crippen molar-refractivity contribution in [1.82, 2.24) is 0 Å². The van der Waals surface area contributed by atoms with E-state index in [1.54, 1.807) is 0 Å². The lowest BCUT2D eigenvalue weighted by molar-refractivity contribution is -0.00430. The van der Waals surface area contributed by atoms with Gasteiger partial charge in [-0.3, -0.25) is 0 Å². The average molecular weight is 440 g/mol. The second-order valence-electron chi connectivity index (χ2n) is 8.44. The zero-order valence-electron chi connectivity index (χ0n) is 18.1. The minimum Gasteiger partial charge on any atom is -0.405 e. The summed E-state index contributed by atoms with van der Waals surface area (Å²) in [7, 11) is -1.34. The maximum absolute atomic E-state index is 6.42. The standard InChI is InChI=1S/C24H23B3O6/c1-4-10-18(11-5-1)25-28-16-21(30-25)23-24(33-27(32-23)20-14-8-3-9-15-20)22-17-29-26(31-22)19-12-6-2-7-13-19/h1-15,21-24H,16-17H2/t21-,22-,23-,24+/m1/s1. The van der Waals surface area contributed by atoms with Crippen molar-refractivity contribution in [2.45, 2.75) is 24.4 Å². The molecule has 9 heteroatoms. The molecule has 3 saturated heterocycles. The van der Waals surface area contributed by atoms with Crippen LogP contribution in [0.1, 0.15) is 0 Å². The molecule has 3 aromatic carbocycles. The van der Waals surface area contributed by atoms with Crippen LogP contribution in [0.5, 0.6) is 0 Å². The van der Waals surface area contributed by atoms with E-state index in [1.807, 2.05) is 91.0 Å². The number of benzene rings is 3. The van der Waals surface area contributed by atoms with Gasteiger partial charge in [-0.15, -0.1) is 0 Å². The molecule has 3 aliphatic rings. The van der Waals surface area contributed by atoms with Crippen molar-refractivity contribution < 1.29 is 27.9 Å². The third-order valence-electron chi connectivity index (χ3n) is 6.25. The van der Waals surface area contributed by atoms with E-state index in [0.717, 1.165) is 16.4 Å². The van der Waals surface area contributed by atoms with Crippen LogP contribution in [-0.4, -0.2) is 59.0 Å². The van der Waals surface area contributed by atoms with Gasteiger partial charge in [0.05, 0.1) is 37.6 Å². The summed E-state index contributed by atoms with van der Waals surface area (Å²) in [5, 5.41) is 0. The molecule has 6 rings (SSSR count). The fraction of sp³-hybridized carbons (Fsp3) is 0.250. The Balaban J connectivity index is 1.21. The van der Waals surface area contributed by atoms with Crippen LogP contribution < -0.4 is 16.4 Å². The first-order chi connectivity index (χ1) is 16.3. The molecule has 3 heterocycles. The Bertz CT molecular complexity index is 978. The fourth-order valence-corrected chi connectivity index (χ4v) is 4.59. The van der Waals surface area contributed by atoms with Crippen molar-refractivity contribution in [2.24, 2.45) is 0 Å². The van der Waals surface area contributed by atoms with Gasteiger partial charge in [0.1, 0.15) is 0 Å². The van der Waals surface area contributed by atoms with E-state index < -0.39 is 21.4 Å². The van der Waals surface area contributed by atoms with Gasteiger partial charge in [-0.1, -0.05) is 91.0 Å². The van der Waals surface area contributed by atoms with E-state index in [2.05, 4.69) is 0 Å². The lowest BCUT2D eigenvalue weighted by atomic mass is 9.79. The lowest BCUT2D eigenvalue weighted by Gasteiger charge is -2.27. The molecule has 0 spiro atoms. The van der Waals surface area contributed by atoms with Crippen LogP contribution in [0.4, 0.5) is 0 Å². The second kappa shape index (κ2) is 9.47. The Labute approximate surface area is 194 Å². The monoisotopic (exact) mass is 440 g/mol. The highest BCUT2D eigenvalue weighted by molar-refractivity contribution is 6.63. The Hall–Kier alpha value is -2.39. The molecule has 3 aromatic rings. The topological polar surface area (TPSA) is 55.4 Å². The molecule has 164 valence electrons. The molecule has 3 aliphatic heterocycles. The Morgan fingerprint density at radius 1 is 0.455 bits per heavy atom. The van der Waals surface area contributed by atoms with Crippen LogP contribution in [0.2, 0.25) is 0 Å². The van der Waals surface area contributed by atoms with E-state index in [-0.39, 0.29) is 24.4 Å². The SMILES string of the molecule is c1ccc(B2O[C@@H]([C@H]3COB(c4ccccc4)O3)[C@@H]([C@H]3COB(c4ccccc4)O3)O2)cc1. The average Bonchev–Trinajstić information content (AvgIpc) is 3.65. The maximum Gasteiger partial charge on any atom is 0.494 e. The molecule has 0 radical (unpaired) electrons. The van der Waals surface area contributed by atoms with Crippen molar-refractivity contribution >= 4 is 37.7 Å². The summed E-state index contributed by atoms with van der Waals surface area (Å²) in [5.41, 5.74) is 2.93. The second-order valence-corrected chi connectivity index (χ2v) is 8.44. The van der Waals surface area contributed by atoms with Gasteiger partial charge in [-0.2, -0.15) is 0 Å². The van der Waals surface area contributed by atoms with Gasteiger partial charge in [0.15, 0.2) is 0 Å². The quantitative estimate of drug-likeness (QED) is 0.548. The smallest absolute Gasteiger partial charge is 0.405 e. The summed E-state index contributed by atoms with van der Waals surface area (Å²) in [6.07, 6.45) is -1.28. The molecule has 0 bridgehead atoms. The van der Waals surface area contributed by atoms with E-state index in [0.29, 0.717) is 13.2 Å². The first-order valence-corrected chi connectivity index (χ1v) is 11.3. The fourth-order valence-electron chi connectivity index (χ4n) is 4.59. The molecule has 0 aromatic heterocycles. The van der Waals surface area contributed by atoms with Gasteiger partial charge < -0.3 is 27.9 Å². The highest BCUT2D eigenvalue weighted by atomic mass is 16.7. The summed E-state index contributed by atoms with van der Waals surface area (Å²) in [4.78, 5) is 0. The molecule has 3 fully saturated rings. The van der Waals surface area contributed by atoms with Gasteiger partial charge in [-0.25, -0.2) is 0 Å². The van der Waals surface area contributed by atoms with E-state index in [1.165, 1.54) is 0 Å². The van der Waals surface area contributed by atoms with Crippen LogP contribution >= 0.6 is 0 Å². The summed E-state index contributed by atoms with van der Waals surface area (Å²) in [5.74, 6) is 0. The minimum absolute atomic E-state index is 0.284. The van der Waals surface area contributed by atoms with Crippen LogP contribution in [0.25, 0.3) is 0 Å². The highest BCUT2D eigenvalue weighted by Gasteiger charge is 2.53. The van der Waals surface area contributed by atoms with Crippen molar-refractivity contribution in [2.75, 3.05) is 13.2 Å². The summed E-state index contributed by atoms with van der Waals surface area (Å²) < 4.78 is 37.4. The summed E-state index contributed by atoms with van der Waals surface area (Å²) in [6.45, 7) is 0.836. The molecule has 0 aliphatic carbocycles. The zero-order chi connectivity index (χ0) is 22.0. The van der Waals surface area contributed by atoms with Crippen LogP contribution in [0.15, 0.2) is 91.0 Å². The third kappa shape index (κ3) is 4.40. The van der Waals surface area contributed by atoms with Gasteiger partial charge >= 0.3 is 21.4 Å². The Morgan fingerprint density at radius 3 is 1.21 bits per heavy atom. The lowest BCUT2D eigenvalue weighted by Crippen LogP contribution is -2.46. The Morgan fingerprint density at radius 2 is 0.818 bits per heavy atom. The highest BCUT2D eigenvalue weighted by Crippen LogP contribution is 2.30. The van der Waals surface area contributed by atoms with Crippen molar-refractivity contribution in [3.05, 3.63) is 91.0 Å². The number of hydrogen-bond acceptors (Lipinski definition) is 6. The summed E-state index contributed by atoms with van der Waals surface area (Å²) >= 11 is 0. The molecule has 4 atom stereocenters. The molecule has 0 saturated carbocycles. The zero-order valence-corrected chi connectivity index (χ0v) is 18.1. The van der Waals surface area contributed by atoms with E-state index in [4.69, 9.17) is 27.9 Å². The third-order valence-corrected chi connectivity index (χ3v) is 6.25. The van der Waals surface area contributed by atoms with E-state index >= 15 is 0 Å². The predicted octanol–water partition coefficient (Wildman–Crippen LogP) is 0.787. The van der Waals surface area contributed by atoms with Gasteiger partial charge in [0, 0.05) is 0 Å². The first kappa shape index (κ1) is 21.2. The molecule has 6 nitrogen and oxygen atoms in total. The predicted molar refractivity (Wildman–Crippen MR) is 127 cm³/mol. The first-order valence-electron chi connectivity index (χ1n) is 11.3. The van der Waals surface area contributed by atoms with E-state index in [9.17, 15) is 0 Å². The van der Waals surface area contributed by atoms with Gasteiger partial charge in [0.2, 0.25) is 0 Å². The molecule has 33 heavy (non-hydrogen) atoms. The Kier molecular flexibility index (Phi) is 6.07. The van der Waals surface area contributed by atoms with Gasteiger partial charge in [-0.05, 0) is 16.4 Å². The normalized spacial score (nSPS) is 27.5.